The summed E-state index contributed by atoms with van der Waals surface area (Å²) >= 11 is 0. The van der Waals surface area contributed by atoms with Gasteiger partial charge in [-0.05, 0) is 43.9 Å². The van der Waals surface area contributed by atoms with Gasteiger partial charge in [0, 0.05) is 0 Å². The number of halogens is 1. The lowest BCUT2D eigenvalue weighted by Gasteiger charge is -2.34. The van der Waals surface area contributed by atoms with Gasteiger partial charge in [0.25, 0.3) is 0 Å². The van der Waals surface area contributed by atoms with Gasteiger partial charge in [0.2, 0.25) is 5.91 Å². The maximum atomic E-state index is 13.5. The van der Waals surface area contributed by atoms with Gasteiger partial charge in [-0.25, -0.2) is 4.39 Å². The first kappa shape index (κ1) is 14.5. The zero-order valence-corrected chi connectivity index (χ0v) is 12.6. The van der Waals surface area contributed by atoms with Crippen molar-refractivity contribution in [2.75, 3.05) is 13.2 Å². The highest BCUT2D eigenvalue weighted by atomic mass is 19.1. The number of amides is 1. The van der Waals surface area contributed by atoms with E-state index < -0.39 is 5.41 Å². The number of carbonyl (C=O) groups is 1. The second-order valence-electron chi connectivity index (χ2n) is 6.44. The summed E-state index contributed by atoms with van der Waals surface area (Å²) in [5, 5.41) is 0. The lowest BCUT2D eigenvalue weighted by atomic mass is 9.86. The quantitative estimate of drug-likeness (QED) is 0.836. The molecule has 2 heterocycles. The number of hydrogen-bond donors (Lipinski definition) is 0. The molecule has 3 rings (SSSR count). The maximum absolute atomic E-state index is 13.5. The lowest BCUT2D eigenvalue weighted by Crippen LogP contribution is -2.45. The SMILES string of the molecule is CCC1(C)COCC2CCC(c3cccc(F)c3)N2C1=O. The van der Waals surface area contributed by atoms with Crippen molar-refractivity contribution in [1.29, 1.82) is 0 Å². The first-order valence-electron chi connectivity index (χ1n) is 7.71. The summed E-state index contributed by atoms with van der Waals surface area (Å²) in [5.41, 5.74) is 0.427. The minimum absolute atomic E-state index is 0.0224. The third-order valence-corrected chi connectivity index (χ3v) is 5.00. The van der Waals surface area contributed by atoms with Crippen LogP contribution in [0.1, 0.15) is 44.7 Å². The monoisotopic (exact) mass is 291 g/mol. The minimum Gasteiger partial charge on any atom is -0.378 e. The van der Waals surface area contributed by atoms with Gasteiger partial charge in [-0.2, -0.15) is 0 Å². The fourth-order valence-corrected chi connectivity index (χ4v) is 3.44. The Bertz CT molecular complexity index is 547. The first-order valence-corrected chi connectivity index (χ1v) is 7.71. The fraction of sp³-hybridized carbons (Fsp3) is 0.588. The number of fused-ring (bicyclic) bond motifs is 1. The van der Waals surface area contributed by atoms with Crippen LogP contribution < -0.4 is 0 Å². The molecule has 0 saturated carbocycles. The number of benzene rings is 1. The Kier molecular flexibility index (Phi) is 3.74. The molecule has 21 heavy (non-hydrogen) atoms. The highest BCUT2D eigenvalue weighted by Gasteiger charge is 2.47. The van der Waals surface area contributed by atoms with Gasteiger partial charge in [0.15, 0.2) is 0 Å². The van der Waals surface area contributed by atoms with E-state index >= 15 is 0 Å². The zero-order valence-electron chi connectivity index (χ0n) is 12.6. The number of carbonyl (C=O) groups excluding carboxylic acids is 1. The average molecular weight is 291 g/mol. The summed E-state index contributed by atoms with van der Waals surface area (Å²) in [5.74, 6) is -0.0908. The van der Waals surface area contributed by atoms with Crippen molar-refractivity contribution < 1.29 is 13.9 Å². The predicted molar refractivity (Wildman–Crippen MR) is 78.2 cm³/mol. The normalized spacial score (nSPS) is 32.9. The van der Waals surface area contributed by atoms with Gasteiger partial charge < -0.3 is 9.64 Å². The van der Waals surface area contributed by atoms with Gasteiger partial charge in [-0.15, -0.1) is 0 Å². The Balaban J connectivity index is 1.96. The van der Waals surface area contributed by atoms with Crippen molar-refractivity contribution in [1.82, 2.24) is 4.90 Å². The Morgan fingerprint density at radius 1 is 1.43 bits per heavy atom. The Morgan fingerprint density at radius 3 is 2.95 bits per heavy atom. The second kappa shape index (κ2) is 5.41. The van der Waals surface area contributed by atoms with E-state index in [0.29, 0.717) is 13.2 Å². The third kappa shape index (κ3) is 2.46. The fourth-order valence-electron chi connectivity index (χ4n) is 3.44. The van der Waals surface area contributed by atoms with Gasteiger partial charge in [-0.1, -0.05) is 19.1 Å². The molecule has 2 fully saturated rings. The summed E-state index contributed by atoms with van der Waals surface area (Å²) in [6.07, 6.45) is 2.56. The van der Waals surface area contributed by atoms with E-state index in [0.717, 1.165) is 24.8 Å². The molecular weight excluding hydrogens is 269 g/mol. The number of hydrogen-bond acceptors (Lipinski definition) is 2. The summed E-state index contributed by atoms with van der Waals surface area (Å²) in [4.78, 5) is 15.0. The van der Waals surface area contributed by atoms with Crippen LogP contribution in [0.5, 0.6) is 0 Å². The van der Waals surface area contributed by atoms with Crippen molar-refractivity contribution in [2.45, 2.75) is 45.2 Å². The molecule has 3 unspecified atom stereocenters. The van der Waals surface area contributed by atoms with Crippen LogP contribution in [-0.4, -0.2) is 30.1 Å². The standard InChI is InChI=1S/C17H22FNO2/c1-3-17(2)11-21-10-14-7-8-15(19(14)16(17)20)12-5-4-6-13(18)9-12/h4-6,9,14-15H,3,7-8,10-11H2,1-2H3. The van der Waals surface area contributed by atoms with Crippen LogP contribution in [0, 0.1) is 11.2 Å². The molecule has 0 bridgehead atoms. The largest absolute Gasteiger partial charge is 0.378 e. The molecule has 4 heteroatoms. The molecule has 2 saturated heterocycles. The van der Waals surface area contributed by atoms with Crippen molar-refractivity contribution in [2.24, 2.45) is 5.41 Å². The molecule has 3 nitrogen and oxygen atoms in total. The van der Waals surface area contributed by atoms with Crippen molar-refractivity contribution in [3.05, 3.63) is 35.6 Å². The molecule has 0 N–H and O–H groups in total. The Morgan fingerprint density at radius 2 is 2.24 bits per heavy atom. The molecular formula is C17H22FNO2. The molecule has 1 aromatic carbocycles. The van der Waals surface area contributed by atoms with Crippen LogP contribution in [0.15, 0.2) is 24.3 Å². The van der Waals surface area contributed by atoms with Crippen molar-refractivity contribution in [3.8, 4) is 0 Å². The topological polar surface area (TPSA) is 29.5 Å². The molecule has 0 radical (unpaired) electrons. The third-order valence-electron chi connectivity index (χ3n) is 5.00. The predicted octanol–water partition coefficient (Wildman–Crippen LogP) is 3.30. The highest BCUT2D eigenvalue weighted by molar-refractivity contribution is 5.83. The van der Waals surface area contributed by atoms with Crippen molar-refractivity contribution >= 4 is 5.91 Å². The molecule has 0 aromatic heterocycles. The molecule has 2 aliphatic rings. The van der Waals surface area contributed by atoms with E-state index in [4.69, 9.17) is 4.74 Å². The smallest absolute Gasteiger partial charge is 0.231 e. The van der Waals surface area contributed by atoms with Gasteiger partial charge in [0.1, 0.15) is 5.82 Å². The second-order valence-corrected chi connectivity index (χ2v) is 6.44. The summed E-state index contributed by atoms with van der Waals surface area (Å²) < 4.78 is 19.3. The molecule has 114 valence electrons. The number of nitrogens with zero attached hydrogens (tertiary/aromatic N) is 1. The summed E-state index contributed by atoms with van der Waals surface area (Å²) in [7, 11) is 0. The van der Waals surface area contributed by atoms with Crippen LogP contribution in [0.3, 0.4) is 0 Å². The molecule has 2 aliphatic heterocycles. The lowest BCUT2D eigenvalue weighted by molar-refractivity contribution is -0.143. The van der Waals surface area contributed by atoms with Crippen LogP contribution >= 0.6 is 0 Å². The Hall–Kier alpha value is -1.42. The minimum atomic E-state index is -0.468. The Labute approximate surface area is 125 Å². The number of ether oxygens (including phenoxy) is 1. The van der Waals surface area contributed by atoms with E-state index in [2.05, 4.69) is 0 Å². The van der Waals surface area contributed by atoms with E-state index in [1.807, 2.05) is 24.8 Å². The van der Waals surface area contributed by atoms with Crippen molar-refractivity contribution in [3.63, 3.8) is 0 Å². The van der Waals surface area contributed by atoms with E-state index in [1.54, 1.807) is 12.1 Å². The first-order chi connectivity index (χ1) is 10.0. The van der Waals surface area contributed by atoms with Crippen LogP contribution in [0.4, 0.5) is 4.39 Å². The van der Waals surface area contributed by atoms with Gasteiger partial charge in [0.05, 0.1) is 30.7 Å². The summed E-state index contributed by atoms with van der Waals surface area (Å²) in [6, 6.07) is 6.73. The highest BCUT2D eigenvalue weighted by Crippen LogP contribution is 2.42. The van der Waals surface area contributed by atoms with E-state index in [-0.39, 0.29) is 23.8 Å². The van der Waals surface area contributed by atoms with Gasteiger partial charge >= 0.3 is 0 Å². The number of rotatable bonds is 2. The zero-order chi connectivity index (χ0) is 15.0. The molecule has 1 aromatic rings. The molecule has 0 spiro atoms. The van der Waals surface area contributed by atoms with Gasteiger partial charge in [-0.3, -0.25) is 4.79 Å². The molecule has 0 aliphatic carbocycles. The van der Waals surface area contributed by atoms with Crippen LogP contribution in [0.2, 0.25) is 0 Å². The molecule has 3 atom stereocenters. The maximum Gasteiger partial charge on any atom is 0.231 e. The average Bonchev–Trinajstić information content (AvgIpc) is 2.85. The van der Waals surface area contributed by atoms with E-state index in [1.165, 1.54) is 6.07 Å². The van der Waals surface area contributed by atoms with E-state index in [9.17, 15) is 9.18 Å². The van der Waals surface area contributed by atoms with Crippen LogP contribution in [-0.2, 0) is 9.53 Å². The van der Waals surface area contributed by atoms with Crippen LogP contribution in [0.25, 0.3) is 0 Å². The molecule has 1 amide bonds. The summed E-state index contributed by atoms with van der Waals surface area (Å²) in [6.45, 7) is 5.06.